The van der Waals surface area contributed by atoms with Crippen LogP contribution in [0.2, 0.25) is 0 Å². The van der Waals surface area contributed by atoms with E-state index in [1.54, 1.807) is 11.8 Å². The Balaban J connectivity index is 2.13. The van der Waals surface area contributed by atoms with E-state index in [-0.39, 0.29) is 12.0 Å². The van der Waals surface area contributed by atoms with Gasteiger partial charge >= 0.3 is 5.97 Å². The van der Waals surface area contributed by atoms with Gasteiger partial charge in [0, 0.05) is 12.6 Å². The van der Waals surface area contributed by atoms with Gasteiger partial charge in [0.15, 0.2) is 10.8 Å². The first-order chi connectivity index (χ1) is 9.99. The third-order valence-corrected chi connectivity index (χ3v) is 4.66. The molecular weight excluding hydrogens is 288 g/mol. The molecule has 1 aromatic rings. The van der Waals surface area contributed by atoms with Crippen molar-refractivity contribution < 1.29 is 14.3 Å². The predicted molar refractivity (Wildman–Crippen MR) is 81.8 cm³/mol. The van der Waals surface area contributed by atoms with Crippen LogP contribution in [-0.4, -0.2) is 35.4 Å². The van der Waals surface area contributed by atoms with Gasteiger partial charge in [0.25, 0.3) is 0 Å². The summed E-state index contributed by atoms with van der Waals surface area (Å²) in [6.07, 6.45) is 0. The number of fused-ring (bicyclic) bond motifs is 4. The average molecular weight is 306 g/mol. The summed E-state index contributed by atoms with van der Waals surface area (Å²) in [6, 6.07) is 7.47. The average Bonchev–Trinajstić information content (AvgIpc) is 2.45. The molecule has 21 heavy (non-hydrogen) atoms. The van der Waals surface area contributed by atoms with Crippen LogP contribution < -0.4 is 10.1 Å². The van der Waals surface area contributed by atoms with Gasteiger partial charge in [0.2, 0.25) is 0 Å². The second-order valence-electron chi connectivity index (χ2n) is 5.41. The standard InChI is InChI=1S/C15H18N2O3S/c1-4-19-13(18)11-12-9-7-5-6-8-10(9)20-15(11,2)17(3)14(21)16-12/h5-8,11-12H,4H2,1-3H3,(H,16,21)/t11?,12?,15-/m0/s1. The molecule has 0 radical (unpaired) electrons. The van der Waals surface area contributed by atoms with Crippen LogP contribution in [0.25, 0.3) is 0 Å². The van der Waals surface area contributed by atoms with Gasteiger partial charge in [-0.25, -0.2) is 0 Å². The predicted octanol–water partition coefficient (Wildman–Crippen LogP) is 1.84. The Morgan fingerprint density at radius 3 is 2.95 bits per heavy atom. The highest BCUT2D eigenvalue weighted by atomic mass is 32.1. The monoisotopic (exact) mass is 306 g/mol. The molecule has 2 aliphatic heterocycles. The Hall–Kier alpha value is -1.82. The normalized spacial score (nSPS) is 30.0. The number of para-hydroxylation sites is 1. The molecule has 0 saturated carbocycles. The van der Waals surface area contributed by atoms with Gasteiger partial charge in [-0.2, -0.15) is 0 Å². The number of rotatable bonds is 2. The summed E-state index contributed by atoms with van der Waals surface area (Å²) in [5, 5.41) is 3.81. The van der Waals surface area contributed by atoms with Crippen LogP contribution in [0.3, 0.4) is 0 Å². The Morgan fingerprint density at radius 2 is 2.24 bits per heavy atom. The van der Waals surface area contributed by atoms with E-state index in [2.05, 4.69) is 5.32 Å². The summed E-state index contributed by atoms with van der Waals surface area (Å²) in [5.74, 6) is 0.0119. The number of carbonyl (C=O) groups is 1. The van der Waals surface area contributed by atoms with Crippen molar-refractivity contribution in [3.05, 3.63) is 29.8 Å². The Kier molecular flexibility index (Phi) is 3.28. The number of hydrogen-bond donors (Lipinski definition) is 1. The quantitative estimate of drug-likeness (QED) is 0.664. The molecule has 1 N–H and O–H groups in total. The maximum atomic E-state index is 12.5. The minimum atomic E-state index is -0.854. The number of hydrogen-bond acceptors (Lipinski definition) is 4. The van der Waals surface area contributed by atoms with Gasteiger partial charge in [0.05, 0.1) is 12.6 Å². The molecule has 5 nitrogen and oxygen atoms in total. The molecule has 0 amide bonds. The van der Waals surface area contributed by atoms with Crippen LogP contribution in [0.4, 0.5) is 0 Å². The lowest BCUT2D eigenvalue weighted by Gasteiger charge is -2.54. The summed E-state index contributed by atoms with van der Waals surface area (Å²) < 4.78 is 11.4. The molecule has 112 valence electrons. The van der Waals surface area contributed by atoms with E-state index >= 15 is 0 Å². The van der Waals surface area contributed by atoms with Crippen molar-refractivity contribution in [3.63, 3.8) is 0 Å². The third-order valence-electron chi connectivity index (χ3n) is 4.27. The second kappa shape index (κ2) is 4.87. The zero-order chi connectivity index (χ0) is 15.2. The maximum absolute atomic E-state index is 12.5. The smallest absolute Gasteiger partial charge is 0.317 e. The van der Waals surface area contributed by atoms with Crippen molar-refractivity contribution in [2.24, 2.45) is 5.92 Å². The van der Waals surface area contributed by atoms with Crippen LogP contribution in [0.5, 0.6) is 5.75 Å². The number of thiocarbonyl (C=S) groups is 1. The van der Waals surface area contributed by atoms with Crippen molar-refractivity contribution in [2.45, 2.75) is 25.6 Å². The van der Waals surface area contributed by atoms with Crippen LogP contribution in [0, 0.1) is 5.92 Å². The third kappa shape index (κ3) is 1.97. The molecule has 6 heteroatoms. The van der Waals surface area contributed by atoms with Crippen LogP contribution in [0.15, 0.2) is 24.3 Å². The fraction of sp³-hybridized carbons (Fsp3) is 0.467. The zero-order valence-electron chi connectivity index (χ0n) is 12.3. The number of ether oxygens (including phenoxy) is 2. The van der Waals surface area contributed by atoms with Gasteiger partial charge < -0.3 is 19.7 Å². The van der Waals surface area contributed by atoms with E-state index in [1.807, 2.05) is 38.2 Å². The number of carbonyl (C=O) groups excluding carboxylic acids is 1. The SMILES string of the molecule is CCOC(=O)C1C2NC(=S)N(C)[C@@]1(C)Oc1ccccc12. The lowest BCUT2D eigenvalue weighted by atomic mass is 9.80. The maximum Gasteiger partial charge on any atom is 0.317 e. The minimum absolute atomic E-state index is 0.234. The van der Waals surface area contributed by atoms with Crippen molar-refractivity contribution in [2.75, 3.05) is 13.7 Å². The number of benzene rings is 1. The van der Waals surface area contributed by atoms with Crippen molar-refractivity contribution in [1.29, 1.82) is 0 Å². The van der Waals surface area contributed by atoms with Gasteiger partial charge in [0.1, 0.15) is 11.7 Å². The molecule has 0 spiro atoms. The number of nitrogens with one attached hydrogen (secondary N) is 1. The van der Waals surface area contributed by atoms with Crippen LogP contribution >= 0.6 is 12.2 Å². The van der Waals surface area contributed by atoms with Crippen LogP contribution in [0.1, 0.15) is 25.5 Å². The molecule has 2 aliphatic rings. The van der Waals surface area contributed by atoms with E-state index in [4.69, 9.17) is 21.7 Å². The highest BCUT2D eigenvalue weighted by Gasteiger charge is 2.58. The van der Waals surface area contributed by atoms with E-state index in [0.717, 1.165) is 11.3 Å². The molecule has 1 aromatic carbocycles. The van der Waals surface area contributed by atoms with E-state index in [0.29, 0.717) is 11.7 Å². The molecular formula is C15H18N2O3S. The lowest BCUT2D eigenvalue weighted by Crippen LogP contribution is -2.70. The van der Waals surface area contributed by atoms with E-state index in [9.17, 15) is 4.79 Å². The van der Waals surface area contributed by atoms with Crippen molar-refractivity contribution in [1.82, 2.24) is 10.2 Å². The molecule has 1 saturated heterocycles. The molecule has 3 rings (SSSR count). The van der Waals surface area contributed by atoms with Gasteiger partial charge in [-0.05, 0) is 32.1 Å². The van der Waals surface area contributed by atoms with Crippen LogP contribution in [-0.2, 0) is 9.53 Å². The topological polar surface area (TPSA) is 50.8 Å². The molecule has 3 atom stereocenters. The van der Waals surface area contributed by atoms with Gasteiger partial charge in [-0.3, -0.25) is 4.79 Å². The minimum Gasteiger partial charge on any atom is -0.467 e. The van der Waals surface area contributed by atoms with E-state index in [1.165, 1.54) is 0 Å². The highest BCUT2D eigenvalue weighted by Crippen LogP contribution is 2.47. The van der Waals surface area contributed by atoms with Gasteiger partial charge in [-0.1, -0.05) is 18.2 Å². The first kappa shape index (κ1) is 14.1. The molecule has 0 aromatic heterocycles. The number of esters is 1. The lowest BCUT2D eigenvalue weighted by molar-refractivity contribution is -0.173. The largest absolute Gasteiger partial charge is 0.467 e. The fourth-order valence-corrected chi connectivity index (χ4v) is 3.37. The summed E-state index contributed by atoms with van der Waals surface area (Å²) >= 11 is 5.37. The zero-order valence-corrected chi connectivity index (χ0v) is 13.1. The van der Waals surface area contributed by atoms with Crippen molar-refractivity contribution in [3.8, 4) is 5.75 Å². The fourth-order valence-electron chi connectivity index (χ4n) is 3.06. The molecule has 2 unspecified atom stereocenters. The molecule has 1 fully saturated rings. The summed E-state index contributed by atoms with van der Waals surface area (Å²) in [6.45, 7) is 4.02. The first-order valence-electron chi connectivity index (χ1n) is 6.98. The molecule has 2 bridgehead atoms. The first-order valence-corrected chi connectivity index (χ1v) is 7.38. The molecule has 0 aliphatic carbocycles. The second-order valence-corrected chi connectivity index (χ2v) is 5.80. The summed E-state index contributed by atoms with van der Waals surface area (Å²) in [7, 11) is 1.83. The summed E-state index contributed by atoms with van der Waals surface area (Å²) in [5.41, 5.74) is 0.0802. The highest BCUT2D eigenvalue weighted by molar-refractivity contribution is 7.80. The van der Waals surface area contributed by atoms with Gasteiger partial charge in [-0.15, -0.1) is 0 Å². The number of nitrogens with zero attached hydrogens (tertiary/aromatic N) is 1. The Morgan fingerprint density at radius 1 is 1.52 bits per heavy atom. The summed E-state index contributed by atoms with van der Waals surface area (Å²) in [4.78, 5) is 14.3. The Labute approximate surface area is 129 Å². The molecule has 2 heterocycles. The Bertz CT molecular complexity index is 606. The van der Waals surface area contributed by atoms with E-state index < -0.39 is 11.6 Å². The van der Waals surface area contributed by atoms with Crippen molar-refractivity contribution >= 4 is 23.3 Å².